The molecule has 2 aromatic rings. The maximum absolute atomic E-state index is 13.0. The molecule has 1 unspecified atom stereocenters. The molecular weight excluding hydrogens is 380 g/mol. The highest BCUT2D eigenvalue weighted by atomic mass is 16.3. The average Bonchev–Trinajstić information content (AvgIpc) is 3.09. The van der Waals surface area contributed by atoms with Gasteiger partial charge in [-0.15, -0.1) is 0 Å². The molecule has 1 N–H and O–H groups in total. The number of fused-ring (bicyclic) bond motifs is 1. The van der Waals surface area contributed by atoms with Crippen molar-refractivity contribution in [2.75, 3.05) is 45.8 Å². The Labute approximate surface area is 178 Å². The van der Waals surface area contributed by atoms with Crippen LogP contribution >= 0.6 is 0 Å². The number of hydrogen-bond donors (Lipinski definition) is 1. The van der Waals surface area contributed by atoms with E-state index >= 15 is 0 Å². The summed E-state index contributed by atoms with van der Waals surface area (Å²) in [6.07, 6.45) is 5.49. The Morgan fingerprint density at radius 2 is 2.00 bits per heavy atom. The fourth-order valence-corrected chi connectivity index (χ4v) is 4.56. The predicted molar refractivity (Wildman–Crippen MR) is 118 cm³/mol. The molecule has 2 aliphatic rings. The van der Waals surface area contributed by atoms with E-state index in [1.54, 1.807) is 6.20 Å². The first-order chi connectivity index (χ1) is 14.7. The SMILES string of the molecule is CCN1CCCC1CN1CCCN(C(=O)c2ccc3ncccc3c2)CC1.O=CO. The summed E-state index contributed by atoms with van der Waals surface area (Å²) in [4.78, 5) is 32.9. The summed E-state index contributed by atoms with van der Waals surface area (Å²) in [6.45, 7) is 9.31. The molecule has 0 saturated carbocycles. The zero-order chi connectivity index (χ0) is 21.3. The quantitative estimate of drug-likeness (QED) is 0.778. The van der Waals surface area contributed by atoms with Crippen molar-refractivity contribution in [1.29, 1.82) is 0 Å². The number of hydrogen-bond acceptors (Lipinski definition) is 5. The van der Waals surface area contributed by atoms with Gasteiger partial charge in [-0.05, 0) is 63.2 Å². The smallest absolute Gasteiger partial charge is 0.290 e. The number of likely N-dealkylation sites (tertiary alicyclic amines) is 1. The van der Waals surface area contributed by atoms with Crippen molar-refractivity contribution in [2.24, 2.45) is 0 Å². The van der Waals surface area contributed by atoms with E-state index in [1.165, 1.54) is 19.4 Å². The standard InChI is InChI=1S/C22H30N4O.CH2O2/c1-2-25-12-4-7-20(25)17-24-11-5-13-26(15-14-24)22(27)19-8-9-21-18(16-19)6-3-10-23-21;2-1-3/h3,6,8-10,16,20H,2,4-5,7,11-15,17H2,1H3;1H,(H,2,3). The lowest BCUT2D eigenvalue weighted by molar-refractivity contribution is -0.122. The van der Waals surface area contributed by atoms with Crippen molar-refractivity contribution in [2.45, 2.75) is 32.2 Å². The third-order valence-corrected chi connectivity index (χ3v) is 6.10. The lowest BCUT2D eigenvalue weighted by Crippen LogP contribution is -2.42. The van der Waals surface area contributed by atoms with Gasteiger partial charge in [0.2, 0.25) is 0 Å². The topological polar surface area (TPSA) is 77.0 Å². The first-order valence-corrected chi connectivity index (χ1v) is 10.8. The first kappa shape index (κ1) is 22.2. The highest BCUT2D eigenvalue weighted by Crippen LogP contribution is 2.19. The second kappa shape index (κ2) is 11.0. The number of carbonyl (C=O) groups is 2. The molecule has 3 heterocycles. The molecule has 2 saturated heterocycles. The molecule has 7 heteroatoms. The van der Waals surface area contributed by atoms with Crippen LogP contribution in [0.5, 0.6) is 0 Å². The van der Waals surface area contributed by atoms with E-state index in [0.717, 1.165) is 62.2 Å². The highest BCUT2D eigenvalue weighted by Gasteiger charge is 2.27. The molecule has 30 heavy (non-hydrogen) atoms. The second-order valence-corrected chi connectivity index (χ2v) is 7.89. The van der Waals surface area contributed by atoms with Crippen molar-refractivity contribution < 1.29 is 14.7 Å². The molecule has 0 spiro atoms. The van der Waals surface area contributed by atoms with E-state index in [9.17, 15) is 4.79 Å². The first-order valence-electron chi connectivity index (χ1n) is 10.8. The molecule has 2 fully saturated rings. The van der Waals surface area contributed by atoms with E-state index in [1.807, 2.05) is 35.2 Å². The number of benzene rings is 1. The van der Waals surface area contributed by atoms with E-state index in [-0.39, 0.29) is 12.4 Å². The Kier molecular flexibility index (Phi) is 8.16. The maximum atomic E-state index is 13.0. The summed E-state index contributed by atoms with van der Waals surface area (Å²) in [7, 11) is 0. The summed E-state index contributed by atoms with van der Waals surface area (Å²) >= 11 is 0. The molecule has 0 aliphatic carbocycles. The molecule has 0 bridgehead atoms. The zero-order valence-corrected chi connectivity index (χ0v) is 17.7. The van der Waals surface area contributed by atoms with Crippen molar-refractivity contribution in [1.82, 2.24) is 19.7 Å². The second-order valence-electron chi connectivity index (χ2n) is 7.89. The van der Waals surface area contributed by atoms with Gasteiger partial charge in [-0.2, -0.15) is 0 Å². The van der Waals surface area contributed by atoms with Crippen LogP contribution in [0.2, 0.25) is 0 Å². The van der Waals surface area contributed by atoms with Crippen LogP contribution in [0.1, 0.15) is 36.5 Å². The summed E-state index contributed by atoms with van der Waals surface area (Å²) in [5.41, 5.74) is 1.71. The largest absolute Gasteiger partial charge is 0.483 e. The summed E-state index contributed by atoms with van der Waals surface area (Å²) in [5.74, 6) is 0.152. The van der Waals surface area contributed by atoms with E-state index in [2.05, 4.69) is 21.7 Å². The van der Waals surface area contributed by atoms with Gasteiger partial charge in [0.1, 0.15) is 0 Å². The van der Waals surface area contributed by atoms with Gasteiger partial charge in [0.05, 0.1) is 5.52 Å². The van der Waals surface area contributed by atoms with Gasteiger partial charge >= 0.3 is 0 Å². The fraction of sp³-hybridized carbons (Fsp3) is 0.522. The number of pyridine rings is 1. The molecule has 7 nitrogen and oxygen atoms in total. The molecular formula is C23H32N4O3. The third-order valence-electron chi connectivity index (χ3n) is 6.10. The van der Waals surface area contributed by atoms with Gasteiger partial charge < -0.3 is 10.0 Å². The van der Waals surface area contributed by atoms with Gasteiger partial charge in [-0.25, -0.2) is 0 Å². The number of aromatic nitrogens is 1. The van der Waals surface area contributed by atoms with Crippen LogP contribution in [0.4, 0.5) is 0 Å². The van der Waals surface area contributed by atoms with Gasteiger partial charge in [-0.1, -0.05) is 13.0 Å². The van der Waals surface area contributed by atoms with Crippen molar-refractivity contribution >= 4 is 23.3 Å². The Hall–Kier alpha value is -2.51. The molecule has 1 aromatic carbocycles. The van der Waals surface area contributed by atoms with Crippen LogP contribution in [0.25, 0.3) is 10.9 Å². The molecule has 162 valence electrons. The van der Waals surface area contributed by atoms with Crippen LogP contribution in [-0.2, 0) is 4.79 Å². The summed E-state index contributed by atoms with van der Waals surface area (Å²) in [6, 6.07) is 10.5. The van der Waals surface area contributed by atoms with E-state index in [0.29, 0.717) is 6.04 Å². The average molecular weight is 413 g/mol. The number of amides is 1. The summed E-state index contributed by atoms with van der Waals surface area (Å²) < 4.78 is 0. The number of carboxylic acid groups (broad SMARTS) is 1. The number of likely N-dealkylation sites (N-methyl/N-ethyl adjacent to an activating group) is 1. The van der Waals surface area contributed by atoms with Crippen LogP contribution < -0.4 is 0 Å². The third kappa shape index (κ3) is 5.55. The zero-order valence-electron chi connectivity index (χ0n) is 17.7. The lowest BCUT2D eigenvalue weighted by atomic mass is 10.1. The molecule has 1 aromatic heterocycles. The van der Waals surface area contributed by atoms with Crippen LogP contribution in [0, 0.1) is 0 Å². The minimum atomic E-state index is -0.250. The number of carbonyl (C=O) groups excluding carboxylic acids is 1. The Balaban J connectivity index is 0.000000806. The normalized spacial score (nSPS) is 20.4. The van der Waals surface area contributed by atoms with Gasteiger partial charge in [0.25, 0.3) is 12.4 Å². The fourth-order valence-electron chi connectivity index (χ4n) is 4.56. The highest BCUT2D eigenvalue weighted by molar-refractivity contribution is 5.97. The Bertz CT molecular complexity index is 844. The predicted octanol–water partition coefficient (Wildman–Crippen LogP) is 2.57. The maximum Gasteiger partial charge on any atom is 0.290 e. The molecule has 1 atom stereocenters. The number of rotatable bonds is 4. The van der Waals surface area contributed by atoms with Crippen molar-refractivity contribution in [3.05, 3.63) is 42.1 Å². The Morgan fingerprint density at radius 1 is 1.17 bits per heavy atom. The minimum absolute atomic E-state index is 0.152. The monoisotopic (exact) mass is 412 g/mol. The molecule has 1 amide bonds. The molecule has 4 rings (SSSR count). The van der Waals surface area contributed by atoms with Gasteiger partial charge in [-0.3, -0.25) is 24.4 Å². The van der Waals surface area contributed by atoms with Crippen LogP contribution in [-0.4, -0.2) is 89.0 Å². The summed E-state index contributed by atoms with van der Waals surface area (Å²) in [5, 5.41) is 7.92. The molecule has 0 radical (unpaired) electrons. The minimum Gasteiger partial charge on any atom is -0.483 e. The van der Waals surface area contributed by atoms with Gasteiger partial charge in [0.15, 0.2) is 0 Å². The lowest BCUT2D eigenvalue weighted by Gasteiger charge is -2.29. The molecule has 2 aliphatic heterocycles. The van der Waals surface area contributed by atoms with E-state index < -0.39 is 0 Å². The number of nitrogens with zero attached hydrogens (tertiary/aromatic N) is 4. The van der Waals surface area contributed by atoms with Gasteiger partial charge in [0, 0.05) is 49.4 Å². The van der Waals surface area contributed by atoms with E-state index in [4.69, 9.17) is 9.90 Å². The van der Waals surface area contributed by atoms with Crippen molar-refractivity contribution in [3.8, 4) is 0 Å². The van der Waals surface area contributed by atoms with Crippen LogP contribution in [0.15, 0.2) is 36.5 Å². The van der Waals surface area contributed by atoms with Crippen molar-refractivity contribution in [3.63, 3.8) is 0 Å². The Morgan fingerprint density at radius 3 is 2.80 bits per heavy atom. The van der Waals surface area contributed by atoms with Crippen LogP contribution in [0.3, 0.4) is 0 Å².